The number of rotatable bonds is 2. The van der Waals surface area contributed by atoms with Crippen LogP contribution in [-0.4, -0.2) is 6.04 Å². The minimum absolute atomic E-state index is 0.163. The molecule has 1 aliphatic carbocycles. The third-order valence-corrected chi connectivity index (χ3v) is 3.23. The van der Waals surface area contributed by atoms with Crippen molar-refractivity contribution in [1.29, 1.82) is 0 Å². The lowest BCUT2D eigenvalue weighted by molar-refractivity contribution is -0.137. The van der Waals surface area contributed by atoms with E-state index in [2.05, 4.69) is 21.2 Å². The van der Waals surface area contributed by atoms with Crippen molar-refractivity contribution >= 4 is 21.6 Å². The number of hydrogen-bond donors (Lipinski definition) is 1. The molecule has 0 bridgehead atoms. The Kier molecular flexibility index (Phi) is 2.90. The Hall–Kier alpha value is -0.710. The highest BCUT2D eigenvalue weighted by atomic mass is 79.9. The van der Waals surface area contributed by atoms with Crippen molar-refractivity contribution in [3.05, 3.63) is 28.2 Å². The molecule has 2 atom stereocenters. The summed E-state index contributed by atoms with van der Waals surface area (Å²) in [6, 6.07) is 4.16. The summed E-state index contributed by atoms with van der Waals surface area (Å²) in [5, 5.41) is 2.93. The Morgan fingerprint density at radius 3 is 2.50 bits per heavy atom. The molecule has 1 N–H and O–H groups in total. The van der Waals surface area contributed by atoms with Crippen LogP contribution >= 0.6 is 15.9 Å². The van der Waals surface area contributed by atoms with E-state index in [1.807, 2.05) is 6.92 Å². The van der Waals surface area contributed by atoms with Crippen LogP contribution in [0, 0.1) is 5.92 Å². The van der Waals surface area contributed by atoms with Crippen molar-refractivity contribution < 1.29 is 13.2 Å². The predicted octanol–water partition coefficient (Wildman–Crippen LogP) is 4.29. The van der Waals surface area contributed by atoms with E-state index in [9.17, 15) is 13.2 Å². The molecule has 5 heteroatoms. The molecule has 0 aliphatic heterocycles. The smallest absolute Gasteiger partial charge is 0.382 e. The molecule has 0 radical (unpaired) electrons. The molecule has 88 valence electrons. The maximum Gasteiger partial charge on any atom is 0.418 e. The summed E-state index contributed by atoms with van der Waals surface area (Å²) in [6.07, 6.45) is -3.37. The summed E-state index contributed by atoms with van der Waals surface area (Å²) < 4.78 is 38.7. The molecule has 1 aliphatic rings. The Morgan fingerprint density at radius 1 is 1.38 bits per heavy atom. The van der Waals surface area contributed by atoms with E-state index in [1.54, 1.807) is 0 Å². The summed E-state index contributed by atoms with van der Waals surface area (Å²) in [5.74, 6) is 0.458. The number of benzene rings is 1. The second kappa shape index (κ2) is 3.95. The maximum atomic E-state index is 12.7. The number of hydrogen-bond acceptors (Lipinski definition) is 1. The molecule has 0 amide bonds. The third kappa shape index (κ3) is 2.51. The Bertz CT molecular complexity index is 403. The van der Waals surface area contributed by atoms with Gasteiger partial charge in [-0.1, -0.05) is 22.9 Å². The molecule has 2 unspecified atom stereocenters. The normalized spacial score (nSPS) is 24.3. The standard InChI is InChI=1S/C11H11BrF3N/c1-6-4-9(6)16-10-5-7(12)2-3-8(10)11(13,14)15/h2-3,5-6,9,16H,4H2,1H3. The molecular weight excluding hydrogens is 283 g/mol. The van der Waals surface area contributed by atoms with Crippen LogP contribution in [0.15, 0.2) is 22.7 Å². The fourth-order valence-electron chi connectivity index (χ4n) is 1.61. The monoisotopic (exact) mass is 293 g/mol. The van der Waals surface area contributed by atoms with Crippen molar-refractivity contribution in [1.82, 2.24) is 0 Å². The molecule has 1 fully saturated rings. The molecule has 1 nitrogen and oxygen atoms in total. The highest BCUT2D eigenvalue weighted by molar-refractivity contribution is 9.10. The first-order valence-electron chi connectivity index (χ1n) is 5.01. The largest absolute Gasteiger partial charge is 0.418 e. The second-order valence-electron chi connectivity index (χ2n) is 4.15. The van der Waals surface area contributed by atoms with Crippen LogP contribution in [0.5, 0.6) is 0 Å². The Labute approximate surface area is 100 Å². The van der Waals surface area contributed by atoms with Crippen molar-refractivity contribution in [3.8, 4) is 0 Å². The van der Waals surface area contributed by atoms with E-state index in [4.69, 9.17) is 0 Å². The summed E-state index contributed by atoms with van der Waals surface area (Å²) in [5.41, 5.74) is -0.439. The van der Waals surface area contributed by atoms with Gasteiger partial charge in [0.2, 0.25) is 0 Å². The number of nitrogens with one attached hydrogen (secondary N) is 1. The molecule has 0 spiro atoms. The maximum absolute atomic E-state index is 12.7. The molecule has 1 aromatic rings. The van der Waals surface area contributed by atoms with E-state index in [0.717, 1.165) is 12.5 Å². The fourth-order valence-corrected chi connectivity index (χ4v) is 1.97. The van der Waals surface area contributed by atoms with E-state index >= 15 is 0 Å². The van der Waals surface area contributed by atoms with Gasteiger partial charge in [-0.15, -0.1) is 0 Å². The van der Waals surface area contributed by atoms with Crippen LogP contribution in [0.25, 0.3) is 0 Å². The lowest BCUT2D eigenvalue weighted by atomic mass is 10.1. The van der Waals surface area contributed by atoms with Crippen LogP contribution in [0.4, 0.5) is 18.9 Å². The van der Waals surface area contributed by atoms with E-state index in [-0.39, 0.29) is 11.7 Å². The first kappa shape index (κ1) is 11.8. The van der Waals surface area contributed by atoms with Gasteiger partial charge in [0.15, 0.2) is 0 Å². The minimum atomic E-state index is -4.30. The fraction of sp³-hybridized carbons (Fsp3) is 0.455. The van der Waals surface area contributed by atoms with Crippen LogP contribution in [-0.2, 0) is 6.18 Å². The van der Waals surface area contributed by atoms with Crippen molar-refractivity contribution in [2.75, 3.05) is 5.32 Å². The number of alkyl halides is 3. The molecule has 0 heterocycles. The van der Waals surface area contributed by atoms with Gasteiger partial charge < -0.3 is 5.32 Å². The Balaban J connectivity index is 2.29. The summed E-state index contributed by atoms with van der Waals surface area (Å²) in [6.45, 7) is 2.02. The zero-order valence-electron chi connectivity index (χ0n) is 8.61. The highest BCUT2D eigenvalue weighted by Crippen LogP contribution is 2.40. The lowest BCUT2D eigenvalue weighted by Gasteiger charge is -2.14. The molecule has 1 saturated carbocycles. The quantitative estimate of drug-likeness (QED) is 0.858. The summed E-state index contributed by atoms with van der Waals surface area (Å²) in [7, 11) is 0. The summed E-state index contributed by atoms with van der Waals surface area (Å²) >= 11 is 3.18. The van der Waals surface area contributed by atoms with Gasteiger partial charge in [-0.05, 0) is 30.5 Å². The molecule has 2 rings (SSSR count). The number of anilines is 1. The van der Waals surface area contributed by atoms with Gasteiger partial charge in [0.05, 0.1) is 5.56 Å². The SMILES string of the molecule is CC1CC1Nc1cc(Br)ccc1C(F)(F)F. The van der Waals surface area contributed by atoms with E-state index < -0.39 is 11.7 Å². The first-order chi connectivity index (χ1) is 7.38. The van der Waals surface area contributed by atoms with Crippen LogP contribution in [0.3, 0.4) is 0 Å². The van der Waals surface area contributed by atoms with Gasteiger partial charge >= 0.3 is 6.18 Å². The molecule has 16 heavy (non-hydrogen) atoms. The summed E-state index contributed by atoms with van der Waals surface area (Å²) in [4.78, 5) is 0. The zero-order chi connectivity index (χ0) is 11.9. The van der Waals surface area contributed by atoms with Crippen molar-refractivity contribution in [2.24, 2.45) is 5.92 Å². The zero-order valence-corrected chi connectivity index (χ0v) is 10.2. The van der Waals surface area contributed by atoms with Gasteiger partial charge in [-0.25, -0.2) is 0 Å². The van der Waals surface area contributed by atoms with Crippen molar-refractivity contribution in [3.63, 3.8) is 0 Å². The van der Waals surface area contributed by atoms with E-state index in [0.29, 0.717) is 10.4 Å². The van der Waals surface area contributed by atoms with Crippen LogP contribution < -0.4 is 5.32 Å². The van der Waals surface area contributed by atoms with E-state index in [1.165, 1.54) is 12.1 Å². The van der Waals surface area contributed by atoms with Gasteiger partial charge in [0.1, 0.15) is 0 Å². The third-order valence-electron chi connectivity index (χ3n) is 2.74. The Morgan fingerprint density at radius 2 is 2.00 bits per heavy atom. The predicted molar refractivity (Wildman–Crippen MR) is 60.3 cm³/mol. The molecular formula is C11H11BrF3N. The highest BCUT2D eigenvalue weighted by Gasteiger charge is 2.37. The first-order valence-corrected chi connectivity index (χ1v) is 5.80. The van der Waals surface area contributed by atoms with Crippen LogP contribution in [0.1, 0.15) is 18.9 Å². The lowest BCUT2D eigenvalue weighted by Crippen LogP contribution is -2.12. The van der Waals surface area contributed by atoms with Gasteiger partial charge in [-0.3, -0.25) is 0 Å². The minimum Gasteiger partial charge on any atom is -0.382 e. The molecule has 0 saturated heterocycles. The average Bonchev–Trinajstić information content (AvgIpc) is 2.79. The molecule has 1 aromatic carbocycles. The molecule has 0 aromatic heterocycles. The second-order valence-corrected chi connectivity index (χ2v) is 5.07. The van der Waals surface area contributed by atoms with Gasteiger partial charge in [-0.2, -0.15) is 13.2 Å². The topological polar surface area (TPSA) is 12.0 Å². The average molecular weight is 294 g/mol. The van der Waals surface area contributed by atoms with Gasteiger partial charge in [0, 0.05) is 16.2 Å². The van der Waals surface area contributed by atoms with Gasteiger partial charge in [0.25, 0.3) is 0 Å². The van der Waals surface area contributed by atoms with Crippen LogP contribution in [0.2, 0.25) is 0 Å². The number of halogens is 4. The van der Waals surface area contributed by atoms with Crippen molar-refractivity contribution in [2.45, 2.75) is 25.6 Å².